The largest absolute Gasteiger partial charge is 0.381 e. The van der Waals surface area contributed by atoms with Crippen molar-refractivity contribution in [1.29, 1.82) is 0 Å². The Labute approximate surface area is 341 Å². The number of imide groups is 1. The third-order valence-electron chi connectivity index (χ3n) is 12.2. The minimum atomic E-state index is -0.361. The highest BCUT2D eigenvalue weighted by molar-refractivity contribution is 6.06. The van der Waals surface area contributed by atoms with Gasteiger partial charge < -0.3 is 24.8 Å². The Morgan fingerprint density at radius 1 is 0.879 bits per heavy atom. The monoisotopic (exact) mass is 787 g/mol. The number of nitrogens with one attached hydrogen (secondary N) is 3. The molecular weight excluding hydrogens is 731 g/mol. The Morgan fingerprint density at radius 2 is 1.60 bits per heavy atom. The summed E-state index contributed by atoms with van der Waals surface area (Å²) < 4.78 is 5.70. The maximum absolute atomic E-state index is 14.0. The number of pyridine rings is 1. The molecular formula is C46H57N7O5. The highest BCUT2D eigenvalue weighted by Crippen LogP contribution is 2.35. The van der Waals surface area contributed by atoms with Crippen LogP contribution in [-0.2, 0) is 22.6 Å². The Hall–Kier alpha value is -5.46. The summed E-state index contributed by atoms with van der Waals surface area (Å²) in [5, 5.41) is 5.51. The first-order valence-electron chi connectivity index (χ1n) is 20.7. The van der Waals surface area contributed by atoms with Crippen molar-refractivity contribution in [2.24, 2.45) is 0 Å². The second-order valence-corrected chi connectivity index (χ2v) is 16.0. The van der Waals surface area contributed by atoms with Crippen molar-refractivity contribution in [2.45, 2.75) is 85.0 Å². The Balaban J connectivity index is 1.06. The minimum Gasteiger partial charge on any atom is -0.381 e. The van der Waals surface area contributed by atoms with Crippen LogP contribution in [0.5, 0.6) is 0 Å². The molecule has 0 spiro atoms. The molecule has 12 heteroatoms. The number of aromatic amines is 1. The number of benzene rings is 3. The van der Waals surface area contributed by atoms with E-state index in [1.165, 1.54) is 5.69 Å². The van der Waals surface area contributed by atoms with E-state index in [1.807, 2.05) is 51.1 Å². The van der Waals surface area contributed by atoms with E-state index in [2.05, 4.69) is 80.7 Å². The number of hydrogen-bond acceptors (Lipinski definition) is 8. The van der Waals surface area contributed by atoms with Crippen molar-refractivity contribution in [1.82, 2.24) is 20.5 Å². The molecule has 3 N–H and O–H groups in total. The molecule has 12 nitrogen and oxygen atoms in total. The fourth-order valence-electron chi connectivity index (χ4n) is 8.92. The molecule has 4 heterocycles. The molecule has 7 rings (SSSR count). The Kier molecular flexibility index (Phi) is 12.6. The Bertz CT molecular complexity index is 2190. The van der Waals surface area contributed by atoms with Gasteiger partial charge in [0.05, 0.1) is 0 Å². The molecule has 0 bridgehead atoms. The van der Waals surface area contributed by atoms with E-state index in [0.717, 1.165) is 103 Å². The van der Waals surface area contributed by atoms with E-state index in [9.17, 15) is 19.2 Å². The molecule has 58 heavy (non-hydrogen) atoms. The number of rotatable bonds is 12. The summed E-state index contributed by atoms with van der Waals surface area (Å²) in [6.45, 7) is 13.3. The number of ether oxygens (including phenoxy) is 1. The van der Waals surface area contributed by atoms with Crippen molar-refractivity contribution in [3.63, 3.8) is 0 Å². The molecule has 0 atom stereocenters. The molecule has 306 valence electrons. The van der Waals surface area contributed by atoms with Crippen LogP contribution in [0.2, 0.25) is 0 Å². The molecule has 0 radical (unpaired) electrons. The van der Waals surface area contributed by atoms with Gasteiger partial charge in [0.2, 0.25) is 5.91 Å². The topological polar surface area (TPSA) is 130 Å². The predicted molar refractivity (Wildman–Crippen MR) is 230 cm³/mol. The van der Waals surface area contributed by atoms with Crippen molar-refractivity contribution >= 4 is 34.9 Å². The van der Waals surface area contributed by atoms with Gasteiger partial charge in [-0.1, -0.05) is 30.3 Å². The average molecular weight is 788 g/mol. The lowest BCUT2D eigenvalue weighted by atomic mass is 9.95. The number of aryl methyl sites for hydroxylation is 2. The van der Waals surface area contributed by atoms with E-state index in [-0.39, 0.29) is 29.9 Å². The quantitative estimate of drug-likeness (QED) is 0.150. The van der Waals surface area contributed by atoms with Gasteiger partial charge in [0.1, 0.15) is 0 Å². The van der Waals surface area contributed by atoms with Gasteiger partial charge in [0.25, 0.3) is 11.5 Å². The van der Waals surface area contributed by atoms with Gasteiger partial charge in [-0.3, -0.25) is 29.5 Å². The van der Waals surface area contributed by atoms with E-state index in [1.54, 1.807) is 4.90 Å². The SMILES string of the molecule is CCN(c1cc(-c2ccc(N3CCC(N(C)Cc4ccccc4N4CCC(=O)NC4=O)CC3)cc2)cc(C(=O)NCc2c(C)cc(C)[nH]c2=O)c1C)C1CCOCC1. The summed E-state index contributed by atoms with van der Waals surface area (Å²) in [6.07, 6.45) is 4.18. The van der Waals surface area contributed by atoms with E-state index >= 15 is 0 Å². The van der Waals surface area contributed by atoms with Gasteiger partial charge in [-0.2, -0.15) is 0 Å². The maximum Gasteiger partial charge on any atom is 0.328 e. The number of para-hydroxylation sites is 1. The van der Waals surface area contributed by atoms with Gasteiger partial charge in [-0.25, -0.2) is 4.79 Å². The standard InChI is InChI=1S/C46H57N7O5/c1-6-52(38-18-23-58-24-19-38)42-27-35(26-39(32(42)4)44(55)47-28-40-30(2)25-31(3)48-45(40)56)33-11-13-37(14-12-33)51-20-15-36(16-21-51)50(5)29-34-9-7-8-10-41(34)53-22-17-43(54)49-46(53)57/h7-14,25-27,36,38H,6,15-24,28-29H2,1-5H3,(H,47,55)(H,48,56)(H,49,54,57). The van der Waals surface area contributed by atoms with Crippen LogP contribution < -0.4 is 30.9 Å². The molecule has 3 aliphatic rings. The molecule has 3 aliphatic heterocycles. The molecule has 0 aliphatic carbocycles. The second kappa shape index (κ2) is 18.0. The molecule has 1 aromatic heterocycles. The van der Waals surface area contributed by atoms with E-state index in [4.69, 9.17) is 4.74 Å². The number of urea groups is 1. The van der Waals surface area contributed by atoms with Crippen molar-refractivity contribution < 1.29 is 19.1 Å². The van der Waals surface area contributed by atoms with Gasteiger partial charge in [0.15, 0.2) is 0 Å². The van der Waals surface area contributed by atoms with Crippen LogP contribution in [-0.4, -0.2) is 86.3 Å². The van der Waals surface area contributed by atoms with Crippen LogP contribution in [0.3, 0.4) is 0 Å². The summed E-state index contributed by atoms with van der Waals surface area (Å²) in [4.78, 5) is 62.9. The lowest BCUT2D eigenvalue weighted by Gasteiger charge is -2.38. The zero-order valence-corrected chi connectivity index (χ0v) is 34.5. The summed E-state index contributed by atoms with van der Waals surface area (Å²) >= 11 is 0. The molecule has 3 saturated heterocycles. The third-order valence-corrected chi connectivity index (χ3v) is 12.2. The van der Waals surface area contributed by atoms with Crippen LogP contribution in [0.1, 0.15) is 77.3 Å². The second-order valence-electron chi connectivity index (χ2n) is 16.0. The van der Waals surface area contributed by atoms with Gasteiger partial charge in [-0.05, 0) is 125 Å². The van der Waals surface area contributed by atoms with Crippen molar-refractivity contribution in [3.8, 4) is 11.1 Å². The number of piperidine rings is 1. The molecule has 0 saturated carbocycles. The van der Waals surface area contributed by atoms with Crippen LogP contribution in [0, 0.1) is 20.8 Å². The van der Waals surface area contributed by atoms with E-state index < -0.39 is 0 Å². The lowest BCUT2D eigenvalue weighted by Crippen LogP contribution is -2.50. The van der Waals surface area contributed by atoms with Gasteiger partial charge >= 0.3 is 6.03 Å². The maximum atomic E-state index is 14.0. The molecule has 4 aromatic rings. The number of nitrogens with zero attached hydrogens (tertiary/aromatic N) is 4. The zero-order valence-electron chi connectivity index (χ0n) is 34.5. The number of anilines is 3. The fraction of sp³-hybridized carbons (Fsp3) is 0.435. The highest BCUT2D eigenvalue weighted by Gasteiger charge is 2.29. The Morgan fingerprint density at radius 3 is 2.29 bits per heavy atom. The summed E-state index contributed by atoms with van der Waals surface area (Å²) in [6, 6.07) is 23.1. The van der Waals surface area contributed by atoms with Crippen LogP contribution in [0.25, 0.3) is 11.1 Å². The number of carbonyl (C=O) groups is 3. The number of carbonyl (C=O) groups excluding carboxylic acids is 3. The predicted octanol–water partition coefficient (Wildman–Crippen LogP) is 6.45. The normalized spacial score (nSPS) is 16.8. The van der Waals surface area contributed by atoms with Crippen LogP contribution in [0.15, 0.2) is 71.5 Å². The minimum absolute atomic E-state index is 0.145. The van der Waals surface area contributed by atoms with E-state index in [0.29, 0.717) is 42.7 Å². The zero-order chi connectivity index (χ0) is 40.9. The van der Waals surface area contributed by atoms with Crippen LogP contribution >= 0.6 is 0 Å². The third kappa shape index (κ3) is 8.98. The summed E-state index contributed by atoms with van der Waals surface area (Å²) in [5.41, 5.74) is 9.70. The van der Waals surface area contributed by atoms with Gasteiger partial charge in [-0.15, -0.1) is 0 Å². The summed E-state index contributed by atoms with van der Waals surface area (Å²) in [7, 11) is 2.15. The first-order valence-corrected chi connectivity index (χ1v) is 20.7. The van der Waals surface area contributed by atoms with Crippen molar-refractivity contribution in [2.75, 3.05) is 61.1 Å². The van der Waals surface area contributed by atoms with Crippen molar-refractivity contribution in [3.05, 3.63) is 111 Å². The number of aromatic nitrogens is 1. The highest BCUT2D eigenvalue weighted by atomic mass is 16.5. The first kappa shape index (κ1) is 40.7. The van der Waals surface area contributed by atoms with Crippen LogP contribution in [0.4, 0.5) is 21.9 Å². The van der Waals surface area contributed by atoms with Gasteiger partial charge in [0, 0.05) is 105 Å². The fourth-order valence-corrected chi connectivity index (χ4v) is 8.92. The molecule has 3 fully saturated rings. The number of amides is 4. The number of hydrogen-bond donors (Lipinski definition) is 3. The average Bonchev–Trinajstić information content (AvgIpc) is 3.22. The molecule has 0 unspecified atom stereocenters. The summed E-state index contributed by atoms with van der Waals surface area (Å²) in [5.74, 6) is -0.436. The molecule has 4 amide bonds. The number of H-pyrrole nitrogens is 1. The first-order chi connectivity index (χ1) is 28.0. The smallest absolute Gasteiger partial charge is 0.328 e. The molecule has 3 aromatic carbocycles. The lowest BCUT2D eigenvalue weighted by molar-refractivity contribution is -0.120.